The zero-order valence-corrected chi connectivity index (χ0v) is 20.8. The molecule has 11 heteroatoms. The van der Waals surface area contributed by atoms with Gasteiger partial charge >= 0.3 is 12.1 Å². The molecule has 0 bridgehead atoms. The smallest absolute Gasteiger partial charge is 0.453 e. The summed E-state index contributed by atoms with van der Waals surface area (Å²) in [6.45, 7) is 3.15. The van der Waals surface area contributed by atoms with E-state index in [1.807, 2.05) is 0 Å². The molecule has 8 nitrogen and oxygen atoms in total. The molecule has 39 heavy (non-hydrogen) atoms. The van der Waals surface area contributed by atoms with Crippen LogP contribution in [0, 0.1) is 6.92 Å². The van der Waals surface area contributed by atoms with Crippen molar-refractivity contribution in [1.82, 2.24) is 0 Å². The van der Waals surface area contributed by atoms with Crippen molar-refractivity contribution in [3.8, 4) is 17.2 Å². The number of alkyl halides is 3. The van der Waals surface area contributed by atoms with Crippen LogP contribution < -0.4 is 20.2 Å². The second-order valence-corrected chi connectivity index (χ2v) is 8.30. The summed E-state index contributed by atoms with van der Waals surface area (Å²) in [4.78, 5) is 37.0. The summed E-state index contributed by atoms with van der Waals surface area (Å²) in [5.41, 5.74) is 0.0225. The van der Waals surface area contributed by atoms with Gasteiger partial charge in [-0.3, -0.25) is 9.59 Å². The van der Waals surface area contributed by atoms with E-state index in [1.165, 1.54) is 48.5 Å². The van der Waals surface area contributed by atoms with Crippen LogP contribution in [-0.2, 0) is 15.7 Å². The van der Waals surface area contributed by atoms with Gasteiger partial charge in [-0.05, 0) is 67.9 Å². The number of rotatable bonds is 8. The number of amides is 1. The van der Waals surface area contributed by atoms with Gasteiger partial charge in [0.2, 0.25) is 11.2 Å². The van der Waals surface area contributed by atoms with Crippen LogP contribution in [0.3, 0.4) is 0 Å². The number of hydrogen-bond acceptors (Lipinski definition) is 7. The van der Waals surface area contributed by atoms with Gasteiger partial charge in [-0.1, -0.05) is 12.1 Å². The van der Waals surface area contributed by atoms with E-state index in [4.69, 9.17) is 18.6 Å². The minimum Gasteiger partial charge on any atom is -0.484 e. The average Bonchev–Trinajstić information content (AvgIpc) is 2.89. The second-order valence-electron chi connectivity index (χ2n) is 8.30. The maximum Gasteiger partial charge on any atom is 0.453 e. The molecule has 0 radical (unpaired) electrons. The van der Waals surface area contributed by atoms with Crippen molar-refractivity contribution in [3.63, 3.8) is 0 Å². The maximum atomic E-state index is 13.8. The topological polar surface area (TPSA) is 104 Å². The van der Waals surface area contributed by atoms with Gasteiger partial charge in [0.05, 0.1) is 17.6 Å². The van der Waals surface area contributed by atoms with E-state index >= 15 is 0 Å². The minimum absolute atomic E-state index is 0.000985. The molecule has 1 heterocycles. The first-order valence-electron chi connectivity index (χ1n) is 11.7. The molecule has 0 saturated carbocycles. The minimum atomic E-state index is -5.02. The number of ether oxygens (including phenoxy) is 3. The van der Waals surface area contributed by atoms with Crippen LogP contribution in [0.15, 0.2) is 75.9 Å². The van der Waals surface area contributed by atoms with Crippen LogP contribution in [-0.4, -0.2) is 25.1 Å². The van der Waals surface area contributed by atoms with Gasteiger partial charge in [-0.25, -0.2) is 4.79 Å². The van der Waals surface area contributed by atoms with Crippen molar-refractivity contribution in [2.45, 2.75) is 20.0 Å². The molecule has 0 aliphatic rings. The first-order valence-corrected chi connectivity index (χ1v) is 11.7. The Labute approximate surface area is 219 Å². The van der Waals surface area contributed by atoms with Gasteiger partial charge in [-0.15, -0.1) is 0 Å². The van der Waals surface area contributed by atoms with Gasteiger partial charge in [-0.2, -0.15) is 13.2 Å². The Kier molecular flexibility index (Phi) is 7.89. The van der Waals surface area contributed by atoms with Crippen molar-refractivity contribution < 1.29 is 41.4 Å². The van der Waals surface area contributed by atoms with Gasteiger partial charge < -0.3 is 23.9 Å². The van der Waals surface area contributed by atoms with E-state index in [9.17, 15) is 27.6 Å². The lowest BCUT2D eigenvalue weighted by atomic mass is 10.2. The number of nitrogens with one attached hydrogen (secondary N) is 1. The maximum absolute atomic E-state index is 13.8. The number of halogens is 3. The van der Waals surface area contributed by atoms with Crippen molar-refractivity contribution in [1.29, 1.82) is 0 Å². The quantitative estimate of drug-likeness (QED) is 0.269. The van der Waals surface area contributed by atoms with Crippen LogP contribution >= 0.6 is 0 Å². The molecular formula is C28H22F3NO7. The second kappa shape index (κ2) is 11.3. The Morgan fingerprint density at radius 2 is 1.72 bits per heavy atom. The number of benzene rings is 3. The fourth-order valence-corrected chi connectivity index (χ4v) is 3.57. The Hall–Kier alpha value is -4.80. The molecule has 0 aliphatic heterocycles. The molecule has 202 valence electrons. The number of carbonyl (C=O) groups is 2. The largest absolute Gasteiger partial charge is 0.484 e. The van der Waals surface area contributed by atoms with Crippen molar-refractivity contribution in [2.75, 3.05) is 18.5 Å². The van der Waals surface area contributed by atoms with E-state index in [0.29, 0.717) is 11.3 Å². The van der Waals surface area contributed by atoms with Crippen molar-refractivity contribution in [3.05, 3.63) is 93.8 Å². The van der Waals surface area contributed by atoms with Crippen molar-refractivity contribution >= 4 is 28.5 Å². The lowest BCUT2D eigenvalue weighted by Gasteiger charge is -2.14. The van der Waals surface area contributed by atoms with Crippen LogP contribution in [0.2, 0.25) is 0 Å². The average molecular weight is 541 g/mol. The fraction of sp³-hybridized carbons (Fsp3) is 0.179. The van der Waals surface area contributed by atoms with Gasteiger partial charge in [0.25, 0.3) is 11.7 Å². The zero-order valence-electron chi connectivity index (χ0n) is 20.8. The Morgan fingerprint density at radius 1 is 0.974 bits per heavy atom. The first kappa shape index (κ1) is 27.2. The Balaban J connectivity index is 1.51. The summed E-state index contributed by atoms with van der Waals surface area (Å²) in [6, 6.07) is 15.8. The van der Waals surface area contributed by atoms with Crippen molar-refractivity contribution in [2.24, 2.45) is 0 Å². The number of anilines is 1. The SMILES string of the molecule is CCOC(=O)c1ccc(NC(=O)COc2ccc3c(=O)c(Oc4cccc(C)c4)c(C(F)(F)F)oc3c2)cc1. The molecule has 1 amide bonds. The van der Waals surface area contributed by atoms with E-state index in [-0.39, 0.29) is 23.5 Å². The summed E-state index contributed by atoms with van der Waals surface area (Å²) in [5.74, 6) is -3.60. The first-order chi connectivity index (χ1) is 18.5. The lowest BCUT2D eigenvalue weighted by Crippen LogP contribution is -2.20. The number of esters is 1. The van der Waals surface area contributed by atoms with Crippen LogP contribution in [0.5, 0.6) is 17.2 Å². The third-order valence-electron chi connectivity index (χ3n) is 5.34. The van der Waals surface area contributed by atoms with Gasteiger partial charge in [0, 0.05) is 11.8 Å². The molecule has 3 aromatic carbocycles. The summed E-state index contributed by atoms with van der Waals surface area (Å²) < 4.78 is 62.0. The molecule has 0 aliphatic carbocycles. The molecule has 0 unspecified atom stereocenters. The number of hydrogen-bond donors (Lipinski definition) is 1. The summed E-state index contributed by atoms with van der Waals surface area (Å²) >= 11 is 0. The number of carbonyl (C=O) groups excluding carboxylic acids is 2. The van der Waals surface area contributed by atoms with E-state index in [0.717, 1.165) is 11.6 Å². The highest BCUT2D eigenvalue weighted by Crippen LogP contribution is 2.38. The van der Waals surface area contributed by atoms with Gasteiger partial charge in [0.15, 0.2) is 6.61 Å². The number of fused-ring (bicyclic) bond motifs is 1. The Morgan fingerprint density at radius 3 is 2.38 bits per heavy atom. The fourth-order valence-electron chi connectivity index (χ4n) is 3.57. The standard InChI is InChI=1S/C28H22F3NO7/c1-3-36-27(35)17-7-9-18(10-8-17)32-23(33)15-37-19-11-12-21-22(14-19)39-26(28(29,30)31)25(24(21)34)38-20-6-4-5-16(2)13-20/h4-14H,3,15H2,1-2H3,(H,32,33). The normalized spacial score (nSPS) is 11.2. The van der Waals surface area contributed by atoms with E-state index in [1.54, 1.807) is 26.0 Å². The highest BCUT2D eigenvalue weighted by Gasteiger charge is 2.40. The van der Waals surface area contributed by atoms with E-state index in [2.05, 4.69) is 5.32 Å². The monoisotopic (exact) mass is 541 g/mol. The molecule has 0 fully saturated rings. The molecule has 1 N–H and O–H groups in total. The molecular weight excluding hydrogens is 519 g/mol. The third kappa shape index (κ3) is 6.56. The van der Waals surface area contributed by atoms with E-state index < -0.39 is 47.2 Å². The molecule has 1 aromatic heterocycles. The predicted molar refractivity (Wildman–Crippen MR) is 135 cm³/mol. The molecule has 0 atom stereocenters. The Bertz CT molecular complexity index is 1580. The van der Waals surface area contributed by atoms with Gasteiger partial charge in [0.1, 0.15) is 17.1 Å². The third-order valence-corrected chi connectivity index (χ3v) is 5.34. The van der Waals surface area contributed by atoms with Crippen LogP contribution in [0.25, 0.3) is 11.0 Å². The summed E-state index contributed by atoms with van der Waals surface area (Å²) in [6.07, 6.45) is -5.02. The lowest BCUT2D eigenvalue weighted by molar-refractivity contribution is -0.154. The number of aryl methyl sites for hydroxylation is 1. The molecule has 4 aromatic rings. The highest BCUT2D eigenvalue weighted by molar-refractivity contribution is 5.93. The molecule has 4 rings (SSSR count). The predicted octanol–water partition coefficient (Wildman–Crippen LogP) is 6.11. The highest BCUT2D eigenvalue weighted by atomic mass is 19.4. The summed E-state index contributed by atoms with van der Waals surface area (Å²) in [5, 5.41) is 2.40. The zero-order chi connectivity index (χ0) is 28.2. The van der Waals surface area contributed by atoms with Crippen LogP contribution in [0.4, 0.5) is 18.9 Å². The molecule has 0 spiro atoms. The van der Waals surface area contributed by atoms with Crippen LogP contribution in [0.1, 0.15) is 28.6 Å². The summed E-state index contributed by atoms with van der Waals surface area (Å²) in [7, 11) is 0. The molecule has 0 saturated heterocycles.